The van der Waals surface area contributed by atoms with E-state index in [1.807, 2.05) is 17.0 Å². The molecule has 1 unspecified atom stereocenters. The second-order valence-corrected chi connectivity index (χ2v) is 5.01. The first kappa shape index (κ1) is 16.5. The highest BCUT2D eigenvalue weighted by atomic mass is 19.1. The molecule has 110 valence electrons. The molecule has 0 saturated carbocycles. The maximum absolute atomic E-state index is 14.3. The monoisotopic (exact) mass is 276 g/mol. The van der Waals surface area contributed by atoms with Crippen molar-refractivity contribution < 1.29 is 4.39 Å². The lowest BCUT2D eigenvalue weighted by atomic mass is 10.1. The molecule has 0 heterocycles. The molecule has 20 heavy (non-hydrogen) atoms. The molecule has 0 amide bonds. The number of rotatable bonds is 8. The predicted octanol–water partition coefficient (Wildman–Crippen LogP) is 3.74. The molecule has 0 aliphatic carbocycles. The molecule has 1 rings (SSSR count). The van der Waals surface area contributed by atoms with Crippen molar-refractivity contribution in [1.82, 2.24) is 5.32 Å². The van der Waals surface area contributed by atoms with Gasteiger partial charge >= 0.3 is 0 Å². The van der Waals surface area contributed by atoms with E-state index in [9.17, 15) is 4.39 Å². The van der Waals surface area contributed by atoms with Gasteiger partial charge in [-0.1, -0.05) is 25.8 Å². The summed E-state index contributed by atoms with van der Waals surface area (Å²) in [6.07, 6.45) is 7.36. The Balaban J connectivity index is 2.88. The van der Waals surface area contributed by atoms with E-state index < -0.39 is 0 Å². The SMILES string of the molecule is C#CCN(CCC)c1ccc(C(C)NCCC)cc1F. The van der Waals surface area contributed by atoms with Crippen LogP contribution < -0.4 is 10.2 Å². The Labute approximate surface area is 122 Å². The van der Waals surface area contributed by atoms with Gasteiger partial charge in [0, 0.05) is 12.6 Å². The molecule has 0 fully saturated rings. The van der Waals surface area contributed by atoms with E-state index in [1.165, 1.54) is 0 Å². The van der Waals surface area contributed by atoms with Gasteiger partial charge in [-0.15, -0.1) is 6.42 Å². The summed E-state index contributed by atoms with van der Waals surface area (Å²) in [6, 6.07) is 5.58. The Kier molecular flexibility index (Phi) is 7.11. The number of nitrogens with zero attached hydrogens (tertiary/aromatic N) is 1. The van der Waals surface area contributed by atoms with Crippen LogP contribution in [0.15, 0.2) is 18.2 Å². The summed E-state index contributed by atoms with van der Waals surface area (Å²) in [5.41, 5.74) is 1.56. The summed E-state index contributed by atoms with van der Waals surface area (Å²) in [4.78, 5) is 1.91. The van der Waals surface area contributed by atoms with Gasteiger partial charge in [-0.25, -0.2) is 4.39 Å². The molecule has 0 saturated heterocycles. The predicted molar refractivity (Wildman–Crippen MR) is 84.4 cm³/mol. The van der Waals surface area contributed by atoms with Crippen LogP contribution in [0, 0.1) is 18.2 Å². The second kappa shape index (κ2) is 8.60. The van der Waals surface area contributed by atoms with E-state index in [4.69, 9.17) is 6.42 Å². The molecule has 1 N–H and O–H groups in total. The van der Waals surface area contributed by atoms with Crippen molar-refractivity contribution in [1.29, 1.82) is 0 Å². The van der Waals surface area contributed by atoms with Crippen LogP contribution >= 0.6 is 0 Å². The van der Waals surface area contributed by atoms with Crippen LogP contribution in [-0.4, -0.2) is 19.6 Å². The minimum absolute atomic E-state index is 0.158. The lowest BCUT2D eigenvalue weighted by Gasteiger charge is -2.23. The number of benzene rings is 1. The highest BCUT2D eigenvalue weighted by molar-refractivity contribution is 5.50. The summed E-state index contributed by atoms with van der Waals surface area (Å²) in [5, 5.41) is 3.36. The largest absolute Gasteiger partial charge is 0.358 e. The molecular weight excluding hydrogens is 251 g/mol. The van der Waals surface area contributed by atoms with E-state index in [0.717, 1.165) is 31.5 Å². The average molecular weight is 276 g/mol. The zero-order valence-electron chi connectivity index (χ0n) is 12.7. The molecule has 3 heteroatoms. The normalized spacial score (nSPS) is 11.9. The minimum atomic E-state index is -0.198. The van der Waals surface area contributed by atoms with Gasteiger partial charge in [-0.3, -0.25) is 0 Å². The summed E-state index contributed by atoms with van der Waals surface area (Å²) in [6.45, 7) is 8.37. The van der Waals surface area contributed by atoms with Crippen molar-refractivity contribution in [2.75, 3.05) is 24.5 Å². The molecule has 0 aliphatic heterocycles. The lowest BCUT2D eigenvalue weighted by molar-refractivity contribution is 0.561. The third-order valence-electron chi connectivity index (χ3n) is 3.29. The van der Waals surface area contributed by atoms with Gasteiger partial charge in [0.15, 0.2) is 0 Å². The first-order valence-corrected chi connectivity index (χ1v) is 7.35. The molecule has 1 aromatic rings. The van der Waals surface area contributed by atoms with Gasteiger partial charge in [-0.05, 0) is 44.0 Å². The summed E-state index contributed by atoms with van der Waals surface area (Å²) < 4.78 is 14.3. The number of hydrogen-bond acceptors (Lipinski definition) is 2. The first-order chi connectivity index (χ1) is 9.63. The Morgan fingerprint density at radius 1 is 1.35 bits per heavy atom. The van der Waals surface area contributed by atoms with E-state index in [1.54, 1.807) is 6.07 Å². The van der Waals surface area contributed by atoms with E-state index in [0.29, 0.717) is 12.2 Å². The molecule has 0 aromatic heterocycles. The van der Waals surface area contributed by atoms with E-state index in [2.05, 4.69) is 32.0 Å². The smallest absolute Gasteiger partial charge is 0.146 e. The Hall–Kier alpha value is -1.53. The summed E-state index contributed by atoms with van der Waals surface area (Å²) in [7, 11) is 0. The van der Waals surface area contributed by atoms with Crippen LogP contribution in [0.3, 0.4) is 0 Å². The van der Waals surface area contributed by atoms with Crippen LogP contribution in [0.25, 0.3) is 0 Å². The van der Waals surface area contributed by atoms with Crippen molar-refractivity contribution in [3.63, 3.8) is 0 Å². The number of anilines is 1. The fourth-order valence-electron chi connectivity index (χ4n) is 2.19. The van der Waals surface area contributed by atoms with Crippen molar-refractivity contribution in [3.8, 4) is 12.3 Å². The molecule has 1 aromatic carbocycles. The quantitative estimate of drug-likeness (QED) is 0.728. The fourth-order valence-corrected chi connectivity index (χ4v) is 2.19. The zero-order valence-corrected chi connectivity index (χ0v) is 12.7. The molecule has 0 radical (unpaired) electrons. The first-order valence-electron chi connectivity index (χ1n) is 7.35. The van der Waals surface area contributed by atoms with E-state index in [-0.39, 0.29) is 11.9 Å². The van der Waals surface area contributed by atoms with Crippen LogP contribution in [0.1, 0.15) is 45.2 Å². The van der Waals surface area contributed by atoms with Crippen LogP contribution in [0.5, 0.6) is 0 Å². The summed E-state index contributed by atoms with van der Waals surface area (Å²) >= 11 is 0. The fraction of sp³-hybridized carbons (Fsp3) is 0.529. The maximum atomic E-state index is 14.3. The number of hydrogen-bond donors (Lipinski definition) is 1. The molecular formula is C17H25FN2. The topological polar surface area (TPSA) is 15.3 Å². The van der Waals surface area contributed by atoms with Gasteiger partial charge in [-0.2, -0.15) is 0 Å². The Bertz CT molecular complexity index is 451. The van der Waals surface area contributed by atoms with Crippen LogP contribution in [0.4, 0.5) is 10.1 Å². The minimum Gasteiger partial charge on any atom is -0.358 e. The maximum Gasteiger partial charge on any atom is 0.146 e. The molecule has 2 nitrogen and oxygen atoms in total. The molecule has 1 atom stereocenters. The van der Waals surface area contributed by atoms with Crippen LogP contribution in [0.2, 0.25) is 0 Å². The van der Waals surface area contributed by atoms with Crippen molar-refractivity contribution in [2.24, 2.45) is 0 Å². The van der Waals surface area contributed by atoms with Crippen molar-refractivity contribution in [3.05, 3.63) is 29.6 Å². The van der Waals surface area contributed by atoms with Crippen molar-refractivity contribution in [2.45, 2.75) is 39.7 Å². The standard InChI is InChI=1S/C17H25FN2/c1-5-10-19-14(4)15-8-9-17(16(18)13-15)20(11-6-2)12-7-3/h2,8-9,13-14,19H,5,7,10-12H2,1,3-4H3. The number of halogens is 1. The van der Waals surface area contributed by atoms with E-state index >= 15 is 0 Å². The van der Waals surface area contributed by atoms with Crippen LogP contribution in [-0.2, 0) is 0 Å². The highest BCUT2D eigenvalue weighted by Crippen LogP contribution is 2.23. The Morgan fingerprint density at radius 3 is 2.65 bits per heavy atom. The van der Waals surface area contributed by atoms with Gasteiger partial charge in [0.2, 0.25) is 0 Å². The van der Waals surface area contributed by atoms with Gasteiger partial charge in [0.05, 0.1) is 12.2 Å². The van der Waals surface area contributed by atoms with Crippen molar-refractivity contribution >= 4 is 5.69 Å². The summed E-state index contributed by atoms with van der Waals surface area (Å²) in [5.74, 6) is 2.39. The van der Waals surface area contributed by atoms with Gasteiger partial charge < -0.3 is 10.2 Å². The average Bonchev–Trinajstić information content (AvgIpc) is 2.44. The lowest BCUT2D eigenvalue weighted by Crippen LogP contribution is -2.25. The van der Waals surface area contributed by atoms with Gasteiger partial charge in [0.25, 0.3) is 0 Å². The highest BCUT2D eigenvalue weighted by Gasteiger charge is 2.13. The third kappa shape index (κ3) is 4.54. The second-order valence-electron chi connectivity index (χ2n) is 5.01. The molecule has 0 bridgehead atoms. The number of terminal acetylenes is 1. The number of nitrogens with one attached hydrogen (secondary N) is 1. The Morgan fingerprint density at radius 2 is 2.10 bits per heavy atom. The zero-order chi connectivity index (χ0) is 15.0. The van der Waals surface area contributed by atoms with Gasteiger partial charge in [0.1, 0.15) is 5.82 Å². The molecule has 0 aliphatic rings. The third-order valence-corrected chi connectivity index (χ3v) is 3.29. The molecule has 0 spiro atoms.